The third kappa shape index (κ3) is 3.23. The fourth-order valence-corrected chi connectivity index (χ4v) is 5.69. The molecule has 0 aromatic carbocycles. The van der Waals surface area contributed by atoms with Gasteiger partial charge in [-0.25, -0.2) is 9.97 Å². The second-order valence-electron chi connectivity index (χ2n) is 7.67. The first kappa shape index (κ1) is 18.4. The van der Waals surface area contributed by atoms with Crippen molar-refractivity contribution in [3.63, 3.8) is 0 Å². The summed E-state index contributed by atoms with van der Waals surface area (Å²) in [6.07, 6.45) is 8.08. The molecule has 1 aliphatic carbocycles. The van der Waals surface area contributed by atoms with Crippen LogP contribution in [0.4, 0.5) is 11.8 Å². The molecule has 0 unspecified atom stereocenters. The van der Waals surface area contributed by atoms with Gasteiger partial charge in [-0.05, 0) is 43.4 Å². The lowest BCUT2D eigenvalue weighted by atomic mass is 9.97. The van der Waals surface area contributed by atoms with Crippen LogP contribution in [0.1, 0.15) is 23.3 Å². The Morgan fingerprint density at radius 3 is 2.66 bits per heavy atom. The van der Waals surface area contributed by atoms with Crippen molar-refractivity contribution in [1.29, 1.82) is 0 Å². The Hall–Kier alpha value is -2.67. The molecule has 2 aliphatic rings. The zero-order valence-corrected chi connectivity index (χ0v) is 17.3. The highest BCUT2D eigenvalue weighted by molar-refractivity contribution is 7.18. The van der Waals surface area contributed by atoms with Gasteiger partial charge in [0.15, 0.2) is 0 Å². The van der Waals surface area contributed by atoms with E-state index in [9.17, 15) is 4.79 Å². The largest absolute Gasteiger partial charge is 0.353 e. The average molecular weight is 408 g/mol. The minimum atomic E-state index is 0.0939. The number of anilines is 2. The van der Waals surface area contributed by atoms with Crippen LogP contribution in [0.2, 0.25) is 0 Å². The summed E-state index contributed by atoms with van der Waals surface area (Å²) in [5.41, 5.74) is 1.34. The Morgan fingerprint density at radius 1 is 1.10 bits per heavy atom. The summed E-state index contributed by atoms with van der Waals surface area (Å²) in [6.45, 7) is 7.71. The average Bonchev–Trinajstić information content (AvgIpc) is 3.15. The number of pyridine rings is 1. The maximum absolute atomic E-state index is 13.4. The first-order valence-corrected chi connectivity index (χ1v) is 11.1. The Morgan fingerprint density at radius 2 is 1.90 bits per heavy atom. The number of allylic oxidation sites excluding steroid dienone is 1. The fraction of sp³-hybridized carbons (Fsp3) is 0.409. The van der Waals surface area contributed by atoms with Crippen molar-refractivity contribution in [2.24, 2.45) is 0 Å². The fourth-order valence-electron chi connectivity index (χ4n) is 4.44. The quantitative estimate of drug-likeness (QED) is 0.622. The lowest BCUT2D eigenvalue weighted by molar-refractivity contribution is 0.611. The van der Waals surface area contributed by atoms with Crippen molar-refractivity contribution in [3.05, 3.63) is 57.8 Å². The maximum Gasteiger partial charge on any atom is 0.264 e. The molecule has 7 heteroatoms. The standard InChI is InChI=1S/C22H25N5OS/c1-2-11-27-21(28)19-16-7-3-4-8-17(16)29-20(19)24-22(27)26-14-12-25(13-15-26)18-9-5-6-10-23-18/h2,5-6,9-10H,1,3-4,7-8,11-15H2. The normalized spacial score (nSPS) is 16.8. The highest BCUT2D eigenvalue weighted by Crippen LogP contribution is 2.34. The van der Waals surface area contributed by atoms with Gasteiger partial charge in [-0.3, -0.25) is 9.36 Å². The van der Waals surface area contributed by atoms with Crippen molar-refractivity contribution in [2.45, 2.75) is 32.2 Å². The summed E-state index contributed by atoms with van der Waals surface area (Å²) >= 11 is 1.72. The minimum absolute atomic E-state index is 0.0939. The molecular weight excluding hydrogens is 382 g/mol. The molecule has 3 aromatic heterocycles. The van der Waals surface area contributed by atoms with Crippen LogP contribution in [-0.2, 0) is 19.4 Å². The van der Waals surface area contributed by atoms with Gasteiger partial charge in [-0.15, -0.1) is 17.9 Å². The Kier molecular flexibility index (Phi) is 4.83. The molecule has 0 atom stereocenters. The van der Waals surface area contributed by atoms with E-state index in [2.05, 4.69) is 21.4 Å². The van der Waals surface area contributed by atoms with Crippen LogP contribution in [0.15, 0.2) is 41.8 Å². The molecule has 1 aliphatic heterocycles. The van der Waals surface area contributed by atoms with E-state index in [4.69, 9.17) is 4.98 Å². The van der Waals surface area contributed by atoms with Gasteiger partial charge in [0.2, 0.25) is 5.95 Å². The summed E-state index contributed by atoms with van der Waals surface area (Å²) in [7, 11) is 0. The van der Waals surface area contributed by atoms with E-state index in [-0.39, 0.29) is 5.56 Å². The van der Waals surface area contributed by atoms with Crippen LogP contribution in [-0.4, -0.2) is 40.7 Å². The number of nitrogens with zero attached hydrogens (tertiary/aromatic N) is 5. The van der Waals surface area contributed by atoms with Gasteiger partial charge in [0, 0.05) is 43.8 Å². The lowest BCUT2D eigenvalue weighted by Gasteiger charge is -2.36. The van der Waals surface area contributed by atoms with Crippen LogP contribution in [0.3, 0.4) is 0 Å². The third-order valence-corrected chi connectivity index (χ3v) is 7.09. The smallest absolute Gasteiger partial charge is 0.264 e. The lowest BCUT2D eigenvalue weighted by Crippen LogP contribution is -2.48. The molecule has 1 saturated heterocycles. The molecular formula is C22H25N5OS. The number of hydrogen-bond acceptors (Lipinski definition) is 6. The monoisotopic (exact) mass is 407 g/mol. The van der Waals surface area contributed by atoms with Gasteiger partial charge in [-0.1, -0.05) is 12.1 Å². The Labute approximate surface area is 174 Å². The van der Waals surface area contributed by atoms with Crippen molar-refractivity contribution < 1.29 is 0 Å². The van der Waals surface area contributed by atoms with E-state index in [0.717, 1.165) is 67.4 Å². The number of aromatic nitrogens is 3. The van der Waals surface area contributed by atoms with Crippen molar-refractivity contribution in [3.8, 4) is 0 Å². The molecule has 0 amide bonds. The molecule has 0 saturated carbocycles. The number of hydrogen-bond donors (Lipinski definition) is 0. The first-order chi connectivity index (χ1) is 14.3. The van der Waals surface area contributed by atoms with Crippen LogP contribution < -0.4 is 15.4 Å². The van der Waals surface area contributed by atoms with E-state index >= 15 is 0 Å². The van der Waals surface area contributed by atoms with Crippen molar-refractivity contribution >= 4 is 33.3 Å². The number of thiophene rings is 1. The minimum Gasteiger partial charge on any atom is -0.353 e. The Bertz CT molecular complexity index is 1100. The molecule has 0 N–H and O–H groups in total. The zero-order chi connectivity index (χ0) is 19.8. The van der Waals surface area contributed by atoms with Crippen LogP contribution >= 0.6 is 11.3 Å². The number of rotatable bonds is 4. The first-order valence-electron chi connectivity index (χ1n) is 10.3. The number of fused-ring (bicyclic) bond motifs is 3. The molecule has 3 aromatic rings. The van der Waals surface area contributed by atoms with Crippen molar-refractivity contribution in [1.82, 2.24) is 14.5 Å². The summed E-state index contributed by atoms with van der Waals surface area (Å²) < 4.78 is 1.81. The van der Waals surface area contributed by atoms with Gasteiger partial charge in [0.05, 0.1) is 5.39 Å². The Balaban J connectivity index is 1.50. The molecule has 5 rings (SSSR count). The second kappa shape index (κ2) is 7.63. The van der Waals surface area contributed by atoms with Gasteiger partial charge in [0.25, 0.3) is 5.56 Å². The summed E-state index contributed by atoms with van der Waals surface area (Å²) in [5, 5.41) is 0.849. The zero-order valence-electron chi connectivity index (χ0n) is 16.5. The molecule has 4 heterocycles. The maximum atomic E-state index is 13.4. The highest BCUT2D eigenvalue weighted by Gasteiger charge is 2.26. The summed E-state index contributed by atoms with van der Waals surface area (Å²) in [5.74, 6) is 1.78. The van der Waals surface area contributed by atoms with Crippen LogP contribution in [0, 0.1) is 0 Å². The molecule has 0 spiro atoms. The number of aryl methyl sites for hydroxylation is 2. The number of piperazine rings is 1. The molecule has 150 valence electrons. The molecule has 6 nitrogen and oxygen atoms in total. The third-order valence-electron chi connectivity index (χ3n) is 5.90. The van der Waals surface area contributed by atoms with Crippen LogP contribution in [0.25, 0.3) is 10.2 Å². The van der Waals surface area contributed by atoms with Crippen molar-refractivity contribution in [2.75, 3.05) is 36.0 Å². The van der Waals surface area contributed by atoms with E-state index < -0.39 is 0 Å². The van der Waals surface area contributed by atoms with Gasteiger partial charge >= 0.3 is 0 Å². The SMILES string of the molecule is C=CCn1c(N2CCN(c3ccccn3)CC2)nc2sc3c(c2c1=O)CCCC3. The summed E-state index contributed by atoms with van der Waals surface area (Å²) in [4.78, 5) is 29.7. The van der Waals surface area contributed by atoms with E-state index in [1.165, 1.54) is 16.9 Å². The predicted octanol–water partition coefficient (Wildman–Crippen LogP) is 3.24. The van der Waals surface area contributed by atoms with E-state index in [1.807, 2.05) is 29.0 Å². The molecule has 1 fully saturated rings. The second-order valence-corrected chi connectivity index (χ2v) is 8.75. The summed E-state index contributed by atoms with van der Waals surface area (Å²) in [6, 6.07) is 6.00. The van der Waals surface area contributed by atoms with Gasteiger partial charge < -0.3 is 9.80 Å². The highest BCUT2D eigenvalue weighted by atomic mass is 32.1. The topological polar surface area (TPSA) is 54.3 Å². The van der Waals surface area contributed by atoms with Gasteiger partial charge in [-0.2, -0.15) is 0 Å². The predicted molar refractivity (Wildman–Crippen MR) is 119 cm³/mol. The molecule has 0 bridgehead atoms. The molecule has 29 heavy (non-hydrogen) atoms. The molecule has 0 radical (unpaired) electrons. The van der Waals surface area contributed by atoms with E-state index in [1.54, 1.807) is 17.4 Å². The van der Waals surface area contributed by atoms with E-state index in [0.29, 0.717) is 6.54 Å². The van der Waals surface area contributed by atoms with Gasteiger partial charge in [0.1, 0.15) is 10.6 Å². The van der Waals surface area contributed by atoms with Crippen LogP contribution in [0.5, 0.6) is 0 Å².